The van der Waals surface area contributed by atoms with Gasteiger partial charge in [-0.2, -0.15) is 0 Å². The molecule has 6 heterocycles. The van der Waals surface area contributed by atoms with Crippen molar-refractivity contribution in [2.45, 2.75) is 141 Å². The number of rotatable bonds is 8. The van der Waals surface area contributed by atoms with Crippen molar-refractivity contribution in [2.24, 2.45) is 28.8 Å². The fraction of sp³-hybridized carbons (Fsp3) is 0.714. The Balaban J connectivity index is 1.38. The third kappa shape index (κ3) is 9.50. The topological polar surface area (TPSA) is 203 Å². The number of carbonyl (C=O) groups excluding carboxylic acids is 3. The van der Waals surface area contributed by atoms with E-state index in [4.69, 9.17) is 37.8 Å². The number of ether oxygens (including phenoxy) is 6. The molecule has 2 bridgehead atoms. The van der Waals surface area contributed by atoms with Crippen molar-refractivity contribution in [2.75, 3.05) is 27.3 Å². The van der Waals surface area contributed by atoms with E-state index < -0.39 is 83.7 Å². The standard InChI is InChI=1S/C42H61N5O12/c1-11-32-42(8)36(44-40(51)58-42)24(4)33(48)22(2)17-41(7)37(57-39-34(49)31(47(9)10)15-23(3)55-39)25(5)35(26(6)38(50)56-32)52-19-28(20-53-41)45-54-21-29-16-30(46-59-29)27-13-12-14-43-18-27/h12-14,16,18,22-26,31-32,34-37,39,49H,11,15,17,19-21H2,1-10H3,(H,44,51)/b45-28+/t22-,23-,24+,25+,26-,31+,32-,34-,35+,36-,37-,39+,41-,42-/m1/s1. The Morgan fingerprint density at radius 1 is 1.08 bits per heavy atom. The minimum atomic E-state index is -1.34. The molecule has 0 saturated carbocycles. The number of oxime groups is 1. The Morgan fingerprint density at radius 2 is 1.85 bits per heavy atom. The Kier molecular flexibility index (Phi) is 13.8. The van der Waals surface area contributed by atoms with Crippen LogP contribution in [0.5, 0.6) is 0 Å². The molecule has 326 valence electrons. The van der Waals surface area contributed by atoms with Crippen molar-refractivity contribution in [3.63, 3.8) is 0 Å². The number of aliphatic hydroxyl groups is 1. The largest absolute Gasteiger partial charge is 0.458 e. The quantitative estimate of drug-likeness (QED) is 0.282. The molecule has 0 spiro atoms. The lowest BCUT2D eigenvalue weighted by molar-refractivity contribution is -0.302. The molecule has 14 atom stereocenters. The third-order valence-corrected chi connectivity index (χ3v) is 12.6. The summed E-state index contributed by atoms with van der Waals surface area (Å²) in [5, 5.41) is 23.0. The van der Waals surface area contributed by atoms with E-state index in [0.29, 0.717) is 30.0 Å². The maximum Gasteiger partial charge on any atom is 0.408 e. The zero-order chi connectivity index (χ0) is 42.8. The summed E-state index contributed by atoms with van der Waals surface area (Å²) in [6.45, 7) is 14.2. The number of aliphatic hydroxyl groups excluding tert-OH is 1. The molecule has 2 N–H and O–H groups in total. The van der Waals surface area contributed by atoms with Crippen LogP contribution in [0.2, 0.25) is 0 Å². The first-order valence-electron chi connectivity index (χ1n) is 20.6. The number of amides is 1. The van der Waals surface area contributed by atoms with E-state index >= 15 is 0 Å². The summed E-state index contributed by atoms with van der Waals surface area (Å²) in [5.41, 5.74) is -0.880. The molecule has 0 unspecified atom stereocenters. The average Bonchev–Trinajstić information content (AvgIpc) is 3.81. The number of hydrogen-bond acceptors (Lipinski definition) is 16. The molecule has 2 aromatic heterocycles. The van der Waals surface area contributed by atoms with Gasteiger partial charge in [-0.05, 0) is 73.2 Å². The van der Waals surface area contributed by atoms with Gasteiger partial charge in [0, 0.05) is 47.8 Å². The Morgan fingerprint density at radius 3 is 2.54 bits per heavy atom. The Labute approximate surface area is 345 Å². The molecule has 2 aromatic rings. The van der Waals surface area contributed by atoms with E-state index in [1.807, 2.05) is 59.7 Å². The van der Waals surface area contributed by atoms with Crippen molar-refractivity contribution < 1.29 is 57.3 Å². The number of ketones is 1. The number of cyclic esters (lactones) is 1. The van der Waals surface area contributed by atoms with Crippen LogP contribution in [0.15, 0.2) is 40.3 Å². The maximum absolute atomic E-state index is 14.5. The van der Waals surface area contributed by atoms with Gasteiger partial charge in [0.25, 0.3) is 0 Å². The predicted molar refractivity (Wildman–Crippen MR) is 212 cm³/mol. The van der Waals surface area contributed by atoms with E-state index in [-0.39, 0.29) is 44.2 Å². The SMILES string of the molecule is CC[C@H]1OC(=O)[C@H](C)[C@H]2OC/C(=N\OCc3cc(-c4cccnc4)no3)CO[C@](C)(C[C@@H](C)C(=O)[C@H](C)[C@H]3NC(=O)O[C@@]31C)[C@H](O[C@@H]1O[C@H](C)C[C@H](N(C)C)[C@H]1O)[C@H]2C. The predicted octanol–water partition coefficient (Wildman–Crippen LogP) is 4.30. The number of esters is 1. The van der Waals surface area contributed by atoms with Gasteiger partial charge < -0.3 is 53.1 Å². The second kappa shape index (κ2) is 18.3. The number of aromatic nitrogens is 2. The van der Waals surface area contributed by atoms with Crippen LogP contribution in [0.3, 0.4) is 0 Å². The second-order valence-electron chi connectivity index (χ2n) is 17.3. The first-order chi connectivity index (χ1) is 27.9. The van der Waals surface area contributed by atoms with Crippen LogP contribution in [0.1, 0.15) is 80.4 Å². The van der Waals surface area contributed by atoms with Gasteiger partial charge in [-0.3, -0.25) is 14.6 Å². The molecule has 0 aromatic carbocycles. The number of alkyl carbamates (subject to hydrolysis) is 1. The zero-order valence-corrected chi connectivity index (χ0v) is 35.8. The summed E-state index contributed by atoms with van der Waals surface area (Å²) >= 11 is 0. The van der Waals surface area contributed by atoms with Gasteiger partial charge in [0.1, 0.15) is 29.4 Å². The summed E-state index contributed by atoms with van der Waals surface area (Å²) in [7, 11) is 3.79. The minimum Gasteiger partial charge on any atom is -0.458 e. The van der Waals surface area contributed by atoms with Crippen molar-refractivity contribution in [1.29, 1.82) is 0 Å². The first kappa shape index (κ1) is 44.5. The summed E-state index contributed by atoms with van der Waals surface area (Å²) in [6.07, 6.45) is -1.36. The highest BCUT2D eigenvalue weighted by Gasteiger charge is 2.57. The minimum absolute atomic E-state index is 0.0508. The van der Waals surface area contributed by atoms with E-state index in [2.05, 4.69) is 20.6 Å². The normalized spacial score (nSPS) is 39.3. The monoisotopic (exact) mass is 827 g/mol. The van der Waals surface area contributed by atoms with Gasteiger partial charge in [-0.1, -0.05) is 38.0 Å². The maximum atomic E-state index is 14.5. The van der Waals surface area contributed by atoms with Gasteiger partial charge in [0.15, 0.2) is 24.3 Å². The molecule has 6 rings (SSSR count). The number of nitrogens with zero attached hydrogens (tertiary/aromatic N) is 4. The van der Waals surface area contributed by atoms with Crippen LogP contribution in [-0.2, 0) is 49.5 Å². The highest BCUT2D eigenvalue weighted by Crippen LogP contribution is 2.42. The number of fused-ring (bicyclic) bond motifs is 4. The van der Waals surface area contributed by atoms with E-state index in [1.54, 1.807) is 45.3 Å². The zero-order valence-electron chi connectivity index (χ0n) is 35.8. The molecule has 4 aliphatic rings. The number of Topliss-reactive ketones (excluding diaryl/α,β-unsaturated/α-hetero) is 1. The Bertz CT molecular complexity index is 1810. The van der Waals surface area contributed by atoms with Crippen molar-refractivity contribution in [3.8, 4) is 11.3 Å². The third-order valence-electron chi connectivity index (χ3n) is 12.6. The van der Waals surface area contributed by atoms with Gasteiger partial charge in [-0.15, -0.1) is 0 Å². The second-order valence-corrected chi connectivity index (χ2v) is 17.3. The highest BCUT2D eigenvalue weighted by molar-refractivity contribution is 5.87. The summed E-state index contributed by atoms with van der Waals surface area (Å²) in [5.74, 6) is -3.23. The molecule has 1 amide bonds. The summed E-state index contributed by atoms with van der Waals surface area (Å²) in [6, 6.07) is 4.34. The van der Waals surface area contributed by atoms with Crippen LogP contribution in [-0.4, -0.2) is 131 Å². The van der Waals surface area contributed by atoms with Gasteiger partial charge in [-0.25, -0.2) is 4.79 Å². The van der Waals surface area contributed by atoms with Crippen molar-refractivity contribution >= 4 is 23.6 Å². The molecule has 4 fully saturated rings. The Hall–Kier alpha value is -4.00. The molecule has 4 saturated heterocycles. The van der Waals surface area contributed by atoms with Gasteiger partial charge in [0.2, 0.25) is 0 Å². The number of pyridine rings is 1. The summed E-state index contributed by atoms with van der Waals surface area (Å²) < 4.78 is 44.2. The lowest BCUT2D eigenvalue weighted by Crippen LogP contribution is -2.60. The lowest BCUT2D eigenvalue weighted by Gasteiger charge is -2.48. The number of hydrogen-bond donors (Lipinski definition) is 2. The number of carbonyl (C=O) groups is 3. The summed E-state index contributed by atoms with van der Waals surface area (Å²) in [4.78, 5) is 53.5. The molecular formula is C42H61N5O12. The van der Waals surface area contributed by atoms with Gasteiger partial charge in [0.05, 0.1) is 49.1 Å². The number of nitrogens with one attached hydrogen (secondary N) is 1. The fourth-order valence-corrected chi connectivity index (χ4v) is 9.32. The molecule has 0 aliphatic carbocycles. The van der Waals surface area contributed by atoms with Gasteiger partial charge >= 0.3 is 12.1 Å². The molecule has 59 heavy (non-hydrogen) atoms. The van der Waals surface area contributed by atoms with Crippen LogP contribution in [0.25, 0.3) is 11.3 Å². The highest BCUT2D eigenvalue weighted by atomic mass is 16.7. The van der Waals surface area contributed by atoms with Crippen LogP contribution in [0.4, 0.5) is 4.79 Å². The van der Waals surface area contributed by atoms with Crippen LogP contribution >= 0.6 is 0 Å². The first-order valence-corrected chi connectivity index (χ1v) is 20.6. The fourth-order valence-electron chi connectivity index (χ4n) is 9.32. The lowest BCUT2D eigenvalue weighted by atomic mass is 9.73. The van der Waals surface area contributed by atoms with Crippen LogP contribution in [0, 0.1) is 23.7 Å². The molecule has 17 nitrogen and oxygen atoms in total. The van der Waals surface area contributed by atoms with E-state index in [9.17, 15) is 19.5 Å². The number of likely N-dealkylation sites (N-methyl/N-ethyl adjacent to an activating group) is 1. The van der Waals surface area contributed by atoms with E-state index in [0.717, 1.165) is 5.56 Å². The van der Waals surface area contributed by atoms with Crippen molar-refractivity contribution in [3.05, 3.63) is 36.4 Å². The molecule has 17 heteroatoms. The smallest absolute Gasteiger partial charge is 0.408 e. The molecular weight excluding hydrogens is 766 g/mol. The van der Waals surface area contributed by atoms with E-state index in [1.165, 1.54) is 0 Å². The van der Waals surface area contributed by atoms with Crippen LogP contribution < -0.4 is 5.32 Å². The average molecular weight is 828 g/mol. The molecule has 0 radical (unpaired) electrons. The van der Waals surface area contributed by atoms with Crippen molar-refractivity contribution in [1.82, 2.24) is 20.4 Å². The molecule has 4 aliphatic heterocycles.